The van der Waals surface area contributed by atoms with E-state index in [9.17, 15) is 18.4 Å². The summed E-state index contributed by atoms with van der Waals surface area (Å²) in [7, 11) is 0. The first-order valence-electron chi connectivity index (χ1n) is 11.4. The average Bonchev–Trinajstić information content (AvgIpc) is 2.88. The minimum absolute atomic E-state index is 0.132. The fourth-order valence-electron chi connectivity index (χ4n) is 3.98. The molecule has 2 aromatic rings. The fourth-order valence-corrected chi connectivity index (χ4v) is 4.96. The second kappa shape index (κ2) is 11.5. The molecular formula is C24H22Br2F2N4O5S. The largest absolute Gasteiger partial charge is 0.484 e. The first-order chi connectivity index (χ1) is 18.0. The van der Waals surface area contributed by atoms with E-state index < -0.39 is 23.7 Å². The van der Waals surface area contributed by atoms with Crippen LogP contribution in [-0.4, -0.2) is 54.6 Å². The number of fused-ring (bicyclic) bond motifs is 4. The molecule has 0 radical (unpaired) electrons. The van der Waals surface area contributed by atoms with E-state index in [2.05, 4.69) is 42.4 Å². The fraction of sp³-hybridized carbons (Fsp3) is 0.333. The summed E-state index contributed by atoms with van der Waals surface area (Å²) in [6.07, 6.45) is 0. The lowest BCUT2D eigenvalue weighted by molar-refractivity contribution is -0.144. The number of carbonyl (C=O) groups excluding carboxylic acids is 2. The Morgan fingerprint density at radius 1 is 1.16 bits per heavy atom. The van der Waals surface area contributed by atoms with Crippen LogP contribution < -0.4 is 24.7 Å². The van der Waals surface area contributed by atoms with E-state index in [1.807, 2.05) is 0 Å². The maximum atomic E-state index is 13.5. The molecule has 38 heavy (non-hydrogen) atoms. The highest BCUT2D eigenvalue weighted by Gasteiger charge is 2.36. The third-order valence-electron chi connectivity index (χ3n) is 5.85. The summed E-state index contributed by atoms with van der Waals surface area (Å²) in [5.74, 6) is -0.0430. The number of esters is 1. The normalized spacial score (nSPS) is 18.3. The number of rotatable bonds is 3. The zero-order valence-electron chi connectivity index (χ0n) is 20.4. The topological polar surface area (TPSA) is 92.7 Å². The van der Waals surface area contributed by atoms with Crippen molar-refractivity contribution < 1.29 is 32.6 Å². The molecule has 9 nitrogen and oxygen atoms in total. The molecule has 2 unspecified atom stereocenters. The molecule has 3 aliphatic heterocycles. The van der Waals surface area contributed by atoms with E-state index in [0.717, 1.165) is 0 Å². The molecular weight excluding hydrogens is 654 g/mol. The van der Waals surface area contributed by atoms with Gasteiger partial charge < -0.3 is 24.0 Å². The Morgan fingerprint density at radius 3 is 2.37 bits per heavy atom. The van der Waals surface area contributed by atoms with Crippen LogP contribution in [0.4, 0.5) is 20.2 Å². The number of thiocarbonyl (C=S) groups is 1. The third-order valence-corrected chi connectivity index (χ3v) is 7.38. The minimum Gasteiger partial charge on any atom is -0.484 e. The van der Waals surface area contributed by atoms with Gasteiger partial charge in [-0.05, 0) is 64.8 Å². The molecule has 0 aromatic heterocycles. The van der Waals surface area contributed by atoms with Crippen LogP contribution in [0.5, 0.6) is 11.5 Å². The number of benzene rings is 2. The van der Waals surface area contributed by atoms with Gasteiger partial charge in [0, 0.05) is 12.1 Å². The van der Waals surface area contributed by atoms with E-state index in [4.69, 9.17) is 26.4 Å². The van der Waals surface area contributed by atoms with Crippen molar-refractivity contribution in [1.82, 2.24) is 5.43 Å². The highest BCUT2D eigenvalue weighted by atomic mass is 79.9. The molecule has 2 atom stereocenters. The van der Waals surface area contributed by atoms with Gasteiger partial charge in [0.15, 0.2) is 5.84 Å². The number of amides is 1. The summed E-state index contributed by atoms with van der Waals surface area (Å²) in [5.41, 5.74) is 3.62. The van der Waals surface area contributed by atoms with Gasteiger partial charge in [-0.15, -0.1) is 0 Å². The number of nitrogens with one attached hydrogen (secondary N) is 1. The SMILES string of the molecule is CC1C(=O)NN=C2COc3cc(F)c(Br)cc3N21.CCOC(=O)C(C)N1C(=S)COc2cc(F)c(Br)cc21. The maximum Gasteiger partial charge on any atom is 0.328 e. The average molecular weight is 676 g/mol. The summed E-state index contributed by atoms with van der Waals surface area (Å²) in [6, 6.07) is 4.71. The number of hydrogen-bond donors (Lipinski definition) is 1. The van der Waals surface area contributed by atoms with Crippen LogP contribution in [0.1, 0.15) is 20.8 Å². The lowest BCUT2D eigenvalue weighted by Crippen LogP contribution is -2.55. The van der Waals surface area contributed by atoms with Crippen molar-refractivity contribution in [2.45, 2.75) is 32.9 Å². The highest BCUT2D eigenvalue weighted by Crippen LogP contribution is 2.39. The van der Waals surface area contributed by atoms with Gasteiger partial charge in [-0.1, -0.05) is 12.2 Å². The molecule has 0 saturated carbocycles. The van der Waals surface area contributed by atoms with Gasteiger partial charge in [-0.2, -0.15) is 5.10 Å². The monoisotopic (exact) mass is 674 g/mol. The van der Waals surface area contributed by atoms with Crippen molar-refractivity contribution in [2.24, 2.45) is 5.10 Å². The van der Waals surface area contributed by atoms with Crippen LogP contribution in [0, 0.1) is 11.6 Å². The molecule has 3 aliphatic rings. The number of anilines is 2. The van der Waals surface area contributed by atoms with Gasteiger partial charge in [0.1, 0.15) is 53.4 Å². The molecule has 1 N–H and O–H groups in total. The predicted molar refractivity (Wildman–Crippen MR) is 148 cm³/mol. The molecule has 0 saturated heterocycles. The maximum absolute atomic E-state index is 13.5. The van der Waals surface area contributed by atoms with Crippen LogP contribution >= 0.6 is 44.1 Å². The third kappa shape index (κ3) is 5.47. The van der Waals surface area contributed by atoms with Crippen LogP contribution in [0.3, 0.4) is 0 Å². The van der Waals surface area contributed by atoms with Crippen molar-refractivity contribution in [1.29, 1.82) is 0 Å². The molecule has 14 heteroatoms. The van der Waals surface area contributed by atoms with Crippen molar-refractivity contribution in [3.8, 4) is 11.5 Å². The number of carbonyl (C=O) groups is 2. The Labute approximate surface area is 239 Å². The van der Waals surface area contributed by atoms with Crippen molar-refractivity contribution in [2.75, 3.05) is 29.6 Å². The molecule has 0 spiro atoms. The molecule has 0 fully saturated rings. The van der Waals surface area contributed by atoms with E-state index >= 15 is 0 Å². The Balaban J connectivity index is 0.000000178. The summed E-state index contributed by atoms with van der Waals surface area (Å²) < 4.78 is 43.4. The molecule has 1 amide bonds. The van der Waals surface area contributed by atoms with E-state index in [0.29, 0.717) is 44.8 Å². The summed E-state index contributed by atoms with van der Waals surface area (Å²) in [4.78, 5) is 27.4. The van der Waals surface area contributed by atoms with Gasteiger partial charge in [-0.3, -0.25) is 4.79 Å². The predicted octanol–water partition coefficient (Wildman–Crippen LogP) is 4.68. The number of hydrazone groups is 1. The van der Waals surface area contributed by atoms with E-state index in [1.54, 1.807) is 42.7 Å². The van der Waals surface area contributed by atoms with Crippen molar-refractivity contribution in [3.63, 3.8) is 0 Å². The van der Waals surface area contributed by atoms with Crippen LogP contribution in [0.2, 0.25) is 0 Å². The van der Waals surface area contributed by atoms with Crippen LogP contribution in [0.15, 0.2) is 38.3 Å². The second-order valence-electron chi connectivity index (χ2n) is 8.29. The number of ether oxygens (including phenoxy) is 3. The first kappa shape index (κ1) is 28.2. The standard InChI is InChI=1S/C13H13BrFNO3S.C11H9BrFN3O2/c1-3-18-13(17)7(2)16-10-4-8(14)9(15)5-11(10)19-6-12(16)20;1-5-11(17)15-14-10-4-18-9-3-7(13)6(12)2-8(9)16(5)10/h4-5,7H,3,6H2,1-2H3;2-3,5H,4H2,1H3,(H,15,17). The zero-order valence-corrected chi connectivity index (χ0v) is 24.4. The molecule has 2 aromatic carbocycles. The van der Waals surface area contributed by atoms with Gasteiger partial charge in [0.2, 0.25) is 0 Å². The van der Waals surface area contributed by atoms with Gasteiger partial charge in [-0.25, -0.2) is 19.0 Å². The van der Waals surface area contributed by atoms with Gasteiger partial charge >= 0.3 is 5.97 Å². The number of hydrogen-bond acceptors (Lipinski definition) is 8. The Hall–Kier alpha value is -2.84. The molecule has 0 bridgehead atoms. The second-order valence-corrected chi connectivity index (χ2v) is 10.5. The summed E-state index contributed by atoms with van der Waals surface area (Å²) in [5, 5.41) is 3.94. The smallest absolute Gasteiger partial charge is 0.328 e. The van der Waals surface area contributed by atoms with Crippen molar-refractivity contribution in [3.05, 3.63) is 44.8 Å². The zero-order chi connectivity index (χ0) is 27.7. The van der Waals surface area contributed by atoms with Gasteiger partial charge in [0.05, 0.1) is 26.9 Å². The number of amidine groups is 1. The molecule has 5 rings (SSSR count). The van der Waals surface area contributed by atoms with Crippen molar-refractivity contribution >= 4 is 78.2 Å². The number of nitrogens with zero attached hydrogens (tertiary/aromatic N) is 3. The number of halogens is 4. The van der Waals surface area contributed by atoms with Gasteiger partial charge in [0.25, 0.3) is 5.91 Å². The first-order valence-corrected chi connectivity index (χ1v) is 13.4. The summed E-state index contributed by atoms with van der Waals surface area (Å²) >= 11 is 11.5. The quantitative estimate of drug-likeness (QED) is 0.371. The highest BCUT2D eigenvalue weighted by molar-refractivity contribution is 9.10. The Kier molecular flexibility index (Phi) is 8.52. The van der Waals surface area contributed by atoms with Crippen LogP contribution in [-0.2, 0) is 14.3 Å². The Bertz CT molecular complexity index is 1350. The molecule has 3 heterocycles. The molecule has 202 valence electrons. The lowest BCUT2D eigenvalue weighted by Gasteiger charge is -2.38. The van der Waals surface area contributed by atoms with Crippen LogP contribution in [0.25, 0.3) is 0 Å². The lowest BCUT2D eigenvalue weighted by atomic mass is 10.1. The van der Waals surface area contributed by atoms with E-state index in [-0.39, 0.29) is 29.6 Å². The summed E-state index contributed by atoms with van der Waals surface area (Å²) in [6.45, 7) is 5.82. The minimum atomic E-state index is -0.595. The van der Waals surface area contributed by atoms with E-state index in [1.165, 1.54) is 12.1 Å². The Morgan fingerprint density at radius 2 is 1.74 bits per heavy atom. The molecule has 0 aliphatic carbocycles.